The Morgan fingerprint density at radius 1 is 1.35 bits per heavy atom. The maximum Gasteiger partial charge on any atom is 0.228 e. The van der Waals surface area contributed by atoms with Gasteiger partial charge in [-0.3, -0.25) is 4.79 Å². The van der Waals surface area contributed by atoms with E-state index in [1.807, 2.05) is 30.1 Å². The van der Waals surface area contributed by atoms with Crippen molar-refractivity contribution in [1.82, 2.24) is 10.2 Å². The molecule has 1 aliphatic heterocycles. The second kappa shape index (κ2) is 6.62. The molecule has 1 amide bonds. The number of hydrogen-bond acceptors (Lipinski definition) is 2. The number of nitrogens with one attached hydrogen (secondary N) is 1. The van der Waals surface area contributed by atoms with Crippen molar-refractivity contribution in [1.29, 1.82) is 0 Å². The zero-order chi connectivity index (χ0) is 11.4. The van der Waals surface area contributed by atoms with Crippen LogP contribution in [0.5, 0.6) is 0 Å². The molecule has 1 saturated heterocycles. The van der Waals surface area contributed by atoms with Gasteiger partial charge in [-0.15, -0.1) is 12.4 Å². The summed E-state index contributed by atoms with van der Waals surface area (Å²) in [6.45, 7) is 2.49. The van der Waals surface area contributed by atoms with Gasteiger partial charge in [0, 0.05) is 26.7 Å². The van der Waals surface area contributed by atoms with Gasteiger partial charge >= 0.3 is 0 Å². The first-order valence-electron chi connectivity index (χ1n) is 5.77. The molecule has 1 heterocycles. The van der Waals surface area contributed by atoms with E-state index in [1.54, 1.807) is 0 Å². The van der Waals surface area contributed by atoms with Gasteiger partial charge in [-0.25, -0.2) is 0 Å². The molecule has 17 heavy (non-hydrogen) atoms. The highest BCUT2D eigenvalue weighted by molar-refractivity contribution is 5.85. The third-order valence-corrected chi connectivity index (χ3v) is 3.09. The number of rotatable bonds is 4. The lowest BCUT2D eigenvalue weighted by atomic mass is 10.0. The number of hydrogen-bond donors (Lipinski definition) is 1. The standard InChI is InChI=1S/C13H18N2O.ClH/c1-15(13(16)12-9-14-10-12)8-7-11-5-3-2-4-6-11;/h2-6,12,14H,7-10H2,1H3;1H. The van der Waals surface area contributed by atoms with Crippen LogP contribution in [0.3, 0.4) is 0 Å². The lowest BCUT2D eigenvalue weighted by molar-refractivity contribution is -0.135. The predicted octanol–water partition coefficient (Wildman–Crippen LogP) is 1.33. The smallest absolute Gasteiger partial charge is 0.228 e. The summed E-state index contributed by atoms with van der Waals surface area (Å²) < 4.78 is 0. The van der Waals surface area contributed by atoms with E-state index in [2.05, 4.69) is 17.4 Å². The molecule has 0 atom stereocenters. The lowest BCUT2D eigenvalue weighted by Crippen LogP contribution is -2.51. The summed E-state index contributed by atoms with van der Waals surface area (Å²) in [4.78, 5) is 13.7. The van der Waals surface area contributed by atoms with Gasteiger partial charge in [-0.05, 0) is 12.0 Å². The van der Waals surface area contributed by atoms with Gasteiger partial charge in [-0.1, -0.05) is 30.3 Å². The quantitative estimate of drug-likeness (QED) is 0.879. The van der Waals surface area contributed by atoms with Crippen LogP contribution in [0.4, 0.5) is 0 Å². The van der Waals surface area contributed by atoms with Crippen LogP contribution in [-0.2, 0) is 11.2 Å². The number of nitrogens with zero attached hydrogens (tertiary/aromatic N) is 1. The number of halogens is 1. The molecule has 0 bridgehead atoms. The molecule has 0 aromatic heterocycles. The largest absolute Gasteiger partial charge is 0.345 e. The second-order valence-corrected chi connectivity index (χ2v) is 4.35. The number of carbonyl (C=O) groups excluding carboxylic acids is 1. The first-order valence-corrected chi connectivity index (χ1v) is 5.77. The number of benzene rings is 1. The maximum absolute atomic E-state index is 11.8. The lowest BCUT2D eigenvalue weighted by Gasteiger charge is -2.30. The van der Waals surface area contributed by atoms with E-state index in [0.29, 0.717) is 0 Å². The Bertz CT molecular complexity index is 352. The topological polar surface area (TPSA) is 32.3 Å². The summed E-state index contributed by atoms with van der Waals surface area (Å²) in [5.74, 6) is 0.482. The Morgan fingerprint density at radius 2 is 2.00 bits per heavy atom. The molecule has 4 heteroatoms. The molecule has 2 rings (SSSR count). The normalized spacial score (nSPS) is 14.6. The summed E-state index contributed by atoms with van der Waals surface area (Å²) in [6, 6.07) is 10.3. The Labute approximate surface area is 109 Å². The molecule has 1 fully saturated rings. The number of likely N-dealkylation sites (N-methyl/N-ethyl adjacent to an activating group) is 1. The van der Waals surface area contributed by atoms with Gasteiger partial charge in [0.1, 0.15) is 0 Å². The van der Waals surface area contributed by atoms with Crippen molar-refractivity contribution in [3.63, 3.8) is 0 Å². The van der Waals surface area contributed by atoms with Crippen LogP contribution in [0.25, 0.3) is 0 Å². The second-order valence-electron chi connectivity index (χ2n) is 4.35. The fourth-order valence-corrected chi connectivity index (χ4v) is 1.83. The van der Waals surface area contributed by atoms with Crippen molar-refractivity contribution in [2.75, 3.05) is 26.7 Å². The third kappa shape index (κ3) is 3.72. The summed E-state index contributed by atoms with van der Waals surface area (Å²) in [5, 5.41) is 3.12. The summed E-state index contributed by atoms with van der Waals surface area (Å²) >= 11 is 0. The predicted molar refractivity (Wildman–Crippen MR) is 71.4 cm³/mol. The molecular formula is C13H19ClN2O. The van der Waals surface area contributed by atoms with Crippen molar-refractivity contribution in [3.8, 4) is 0 Å². The van der Waals surface area contributed by atoms with Gasteiger partial charge in [-0.2, -0.15) is 0 Å². The van der Waals surface area contributed by atoms with E-state index in [0.717, 1.165) is 26.1 Å². The van der Waals surface area contributed by atoms with Crippen molar-refractivity contribution in [3.05, 3.63) is 35.9 Å². The van der Waals surface area contributed by atoms with Crippen LogP contribution in [-0.4, -0.2) is 37.5 Å². The van der Waals surface area contributed by atoms with Gasteiger partial charge in [0.2, 0.25) is 5.91 Å². The van der Waals surface area contributed by atoms with E-state index < -0.39 is 0 Å². The van der Waals surface area contributed by atoms with Crippen molar-refractivity contribution < 1.29 is 4.79 Å². The third-order valence-electron chi connectivity index (χ3n) is 3.09. The molecular weight excluding hydrogens is 236 g/mol. The van der Waals surface area contributed by atoms with Gasteiger partial charge in [0.05, 0.1) is 5.92 Å². The molecule has 1 aliphatic rings. The zero-order valence-electron chi connectivity index (χ0n) is 10.1. The molecule has 94 valence electrons. The molecule has 1 aromatic rings. The maximum atomic E-state index is 11.8. The molecule has 1 aromatic carbocycles. The number of carbonyl (C=O) groups is 1. The van der Waals surface area contributed by atoms with Crippen LogP contribution in [0.2, 0.25) is 0 Å². The van der Waals surface area contributed by atoms with Crippen molar-refractivity contribution in [2.24, 2.45) is 5.92 Å². The molecule has 1 N–H and O–H groups in total. The Balaban J connectivity index is 0.00000144. The molecule has 0 unspecified atom stereocenters. The van der Waals surface area contributed by atoms with Gasteiger partial charge in [0.25, 0.3) is 0 Å². The van der Waals surface area contributed by atoms with Crippen LogP contribution in [0.15, 0.2) is 30.3 Å². The van der Waals surface area contributed by atoms with Crippen molar-refractivity contribution in [2.45, 2.75) is 6.42 Å². The number of amides is 1. The minimum absolute atomic E-state index is 0. The first kappa shape index (κ1) is 14.0. The van der Waals surface area contributed by atoms with Gasteiger partial charge < -0.3 is 10.2 Å². The van der Waals surface area contributed by atoms with Crippen LogP contribution < -0.4 is 5.32 Å². The van der Waals surface area contributed by atoms with E-state index in [4.69, 9.17) is 0 Å². The minimum atomic E-state index is 0. The highest BCUT2D eigenvalue weighted by Crippen LogP contribution is 2.08. The SMILES string of the molecule is CN(CCc1ccccc1)C(=O)C1CNC1.Cl. The monoisotopic (exact) mass is 254 g/mol. The summed E-state index contributed by atoms with van der Waals surface area (Å²) in [5.41, 5.74) is 1.29. The van der Waals surface area contributed by atoms with E-state index in [9.17, 15) is 4.79 Å². The Kier molecular flexibility index (Phi) is 5.45. The van der Waals surface area contributed by atoms with Crippen LogP contribution in [0, 0.1) is 5.92 Å². The fraction of sp³-hybridized carbons (Fsp3) is 0.462. The molecule has 0 saturated carbocycles. The highest BCUT2D eigenvalue weighted by Gasteiger charge is 2.27. The molecule has 0 spiro atoms. The zero-order valence-corrected chi connectivity index (χ0v) is 10.9. The summed E-state index contributed by atoms with van der Waals surface area (Å²) in [7, 11) is 1.89. The Hall–Kier alpha value is -1.06. The minimum Gasteiger partial charge on any atom is -0.345 e. The van der Waals surface area contributed by atoms with E-state index in [1.165, 1.54) is 5.56 Å². The first-order chi connectivity index (χ1) is 7.77. The average Bonchev–Trinajstić information content (AvgIpc) is 2.25. The van der Waals surface area contributed by atoms with Crippen LogP contribution >= 0.6 is 12.4 Å². The molecule has 3 nitrogen and oxygen atoms in total. The highest BCUT2D eigenvalue weighted by atomic mass is 35.5. The van der Waals surface area contributed by atoms with E-state index in [-0.39, 0.29) is 24.2 Å². The van der Waals surface area contributed by atoms with Crippen molar-refractivity contribution >= 4 is 18.3 Å². The Morgan fingerprint density at radius 3 is 2.53 bits per heavy atom. The van der Waals surface area contributed by atoms with E-state index >= 15 is 0 Å². The summed E-state index contributed by atoms with van der Waals surface area (Å²) in [6.07, 6.45) is 0.934. The van der Waals surface area contributed by atoms with Gasteiger partial charge in [0.15, 0.2) is 0 Å². The molecule has 0 aliphatic carbocycles. The average molecular weight is 255 g/mol. The fourth-order valence-electron chi connectivity index (χ4n) is 1.83. The molecule has 0 radical (unpaired) electrons. The van der Waals surface area contributed by atoms with Crippen LogP contribution in [0.1, 0.15) is 5.56 Å².